The van der Waals surface area contributed by atoms with Crippen LogP contribution in [-0.4, -0.2) is 50.7 Å². The number of benzene rings is 2. The fourth-order valence-corrected chi connectivity index (χ4v) is 4.34. The Morgan fingerprint density at radius 3 is 2.76 bits per heavy atom. The molecule has 5 rings (SSSR count). The second-order valence-corrected chi connectivity index (χ2v) is 7.67. The maximum atomic E-state index is 4.65. The molecule has 3 heterocycles. The molecule has 0 atom stereocenters. The Hall–Kier alpha value is -2.99. The standard InChI is InChI=1S/C23H26N6/c1-2-21-25-26-23-22(24-11-14-29(21)23)28-13-6-12-27(15-16-28)17-19-9-5-8-18-7-3-4-10-20(18)19/h3-5,7-11,14H,2,6,12-13,15-17H2,1H3. The molecule has 1 saturated heterocycles. The third-order valence-corrected chi connectivity index (χ3v) is 5.86. The van der Waals surface area contributed by atoms with Gasteiger partial charge < -0.3 is 4.90 Å². The van der Waals surface area contributed by atoms with Gasteiger partial charge >= 0.3 is 0 Å². The third-order valence-electron chi connectivity index (χ3n) is 5.86. The SMILES string of the molecule is CCc1nnc2c(N3CCCN(Cc4cccc5ccccc45)CC3)nccn12. The maximum absolute atomic E-state index is 4.65. The molecule has 0 radical (unpaired) electrons. The van der Waals surface area contributed by atoms with Crippen molar-refractivity contribution < 1.29 is 0 Å². The largest absolute Gasteiger partial charge is 0.352 e. The van der Waals surface area contributed by atoms with Gasteiger partial charge in [0.2, 0.25) is 5.65 Å². The molecule has 4 aromatic rings. The lowest BCUT2D eigenvalue weighted by atomic mass is 10.0. The van der Waals surface area contributed by atoms with Crippen LogP contribution in [0.1, 0.15) is 24.7 Å². The van der Waals surface area contributed by atoms with Gasteiger partial charge in [-0.05, 0) is 22.8 Å². The molecular weight excluding hydrogens is 360 g/mol. The van der Waals surface area contributed by atoms with Crippen LogP contribution in [0.5, 0.6) is 0 Å². The van der Waals surface area contributed by atoms with E-state index in [1.807, 2.05) is 12.4 Å². The lowest BCUT2D eigenvalue weighted by Crippen LogP contribution is -2.31. The van der Waals surface area contributed by atoms with Crippen LogP contribution in [-0.2, 0) is 13.0 Å². The van der Waals surface area contributed by atoms with Gasteiger partial charge in [-0.3, -0.25) is 9.30 Å². The van der Waals surface area contributed by atoms with E-state index in [0.717, 1.165) is 62.9 Å². The van der Waals surface area contributed by atoms with Crippen molar-refractivity contribution in [2.24, 2.45) is 0 Å². The van der Waals surface area contributed by atoms with Gasteiger partial charge in [0.1, 0.15) is 5.82 Å². The number of rotatable bonds is 4. The van der Waals surface area contributed by atoms with Crippen LogP contribution in [0.2, 0.25) is 0 Å². The van der Waals surface area contributed by atoms with Crippen LogP contribution in [0.15, 0.2) is 54.9 Å². The first kappa shape index (κ1) is 18.1. The highest BCUT2D eigenvalue weighted by atomic mass is 15.3. The molecule has 148 valence electrons. The predicted octanol–water partition coefficient (Wildman–Crippen LogP) is 3.55. The quantitative estimate of drug-likeness (QED) is 0.537. The summed E-state index contributed by atoms with van der Waals surface area (Å²) in [7, 11) is 0. The average molecular weight is 387 g/mol. The van der Waals surface area contributed by atoms with Gasteiger partial charge in [-0.1, -0.05) is 49.4 Å². The highest BCUT2D eigenvalue weighted by molar-refractivity contribution is 5.85. The summed E-state index contributed by atoms with van der Waals surface area (Å²) in [5.41, 5.74) is 2.27. The van der Waals surface area contributed by atoms with Crippen molar-refractivity contribution in [1.82, 2.24) is 24.5 Å². The summed E-state index contributed by atoms with van der Waals surface area (Å²) in [5.74, 6) is 1.93. The molecule has 0 N–H and O–H groups in total. The Morgan fingerprint density at radius 2 is 1.83 bits per heavy atom. The Kier molecular flexibility index (Phi) is 4.86. The Balaban J connectivity index is 1.35. The van der Waals surface area contributed by atoms with Crippen molar-refractivity contribution in [3.05, 3.63) is 66.2 Å². The summed E-state index contributed by atoms with van der Waals surface area (Å²) in [5, 5.41) is 11.4. The van der Waals surface area contributed by atoms with Crippen molar-refractivity contribution >= 4 is 22.2 Å². The molecule has 0 spiro atoms. The number of hydrogen-bond donors (Lipinski definition) is 0. The van der Waals surface area contributed by atoms with Crippen molar-refractivity contribution in [2.75, 3.05) is 31.1 Å². The zero-order chi connectivity index (χ0) is 19.6. The van der Waals surface area contributed by atoms with Gasteiger partial charge in [-0.2, -0.15) is 0 Å². The smallest absolute Gasteiger partial charge is 0.203 e. The fraction of sp³-hybridized carbons (Fsp3) is 0.348. The van der Waals surface area contributed by atoms with E-state index < -0.39 is 0 Å². The maximum Gasteiger partial charge on any atom is 0.203 e. The van der Waals surface area contributed by atoms with Crippen LogP contribution in [0.3, 0.4) is 0 Å². The van der Waals surface area contributed by atoms with Crippen molar-refractivity contribution in [3.8, 4) is 0 Å². The summed E-state index contributed by atoms with van der Waals surface area (Å²) in [6.45, 7) is 7.14. The number of fused-ring (bicyclic) bond motifs is 2. The zero-order valence-electron chi connectivity index (χ0n) is 16.8. The van der Waals surface area contributed by atoms with Gasteiger partial charge in [0.05, 0.1) is 0 Å². The number of aryl methyl sites for hydroxylation is 1. The molecular formula is C23H26N6. The normalized spacial score (nSPS) is 15.8. The van der Waals surface area contributed by atoms with Gasteiger partial charge in [0, 0.05) is 51.5 Å². The van der Waals surface area contributed by atoms with E-state index in [4.69, 9.17) is 0 Å². The first-order valence-electron chi connectivity index (χ1n) is 10.5. The van der Waals surface area contributed by atoms with Crippen LogP contribution in [0.4, 0.5) is 5.82 Å². The van der Waals surface area contributed by atoms with E-state index in [0.29, 0.717) is 0 Å². The van der Waals surface area contributed by atoms with Gasteiger partial charge in [0.25, 0.3) is 0 Å². The third kappa shape index (κ3) is 3.44. The molecule has 0 unspecified atom stereocenters. The fourth-order valence-electron chi connectivity index (χ4n) is 4.34. The molecule has 1 aliphatic heterocycles. The Bertz CT molecular complexity index is 1130. The second kappa shape index (κ2) is 7.79. The summed E-state index contributed by atoms with van der Waals surface area (Å²) < 4.78 is 2.07. The number of nitrogens with zero attached hydrogens (tertiary/aromatic N) is 6. The van der Waals surface area contributed by atoms with Gasteiger partial charge in [-0.25, -0.2) is 4.98 Å². The minimum Gasteiger partial charge on any atom is -0.352 e. The minimum absolute atomic E-state index is 0.865. The van der Waals surface area contributed by atoms with E-state index in [1.165, 1.54) is 16.3 Å². The van der Waals surface area contributed by atoms with E-state index in [2.05, 4.69) is 78.8 Å². The molecule has 2 aromatic carbocycles. The highest BCUT2D eigenvalue weighted by Crippen LogP contribution is 2.23. The summed E-state index contributed by atoms with van der Waals surface area (Å²) >= 11 is 0. The van der Waals surface area contributed by atoms with Crippen LogP contribution in [0, 0.1) is 0 Å². The molecule has 0 saturated carbocycles. The summed E-state index contributed by atoms with van der Waals surface area (Å²) in [4.78, 5) is 9.58. The average Bonchev–Trinajstić information content (AvgIpc) is 3.06. The highest BCUT2D eigenvalue weighted by Gasteiger charge is 2.20. The molecule has 0 bridgehead atoms. The Morgan fingerprint density at radius 1 is 0.931 bits per heavy atom. The van der Waals surface area contributed by atoms with Gasteiger partial charge in [-0.15, -0.1) is 10.2 Å². The molecule has 2 aromatic heterocycles. The van der Waals surface area contributed by atoms with Gasteiger partial charge in [0.15, 0.2) is 5.82 Å². The van der Waals surface area contributed by atoms with E-state index >= 15 is 0 Å². The monoisotopic (exact) mass is 386 g/mol. The molecule has 1 fully saturated rings. The zero-order valence-corrected chi connectivity index (χ0v) is 16.8. The van der Waals surface area contributed by atoms with Crippen molar-refractivity contribution in [1.29, 1.82) is 0 Å². The van der Waals surface area contributed by atoms with E-state index in [-0.39, 0.29) is 0 Å². The molecule has 1 aliphatic rings. The first-order chi connectivity index (χ1) is 14.3. The molecule has 0 amide bonds. The molecule has 6 nitrogen and oxygen atoms in total. The number of hydrogen-bond acceptors (Lipinski definition) is 5. The number of aromatic nitrogens is 4. The van der Waals surface area contributed by atoms with Crippen LogP contribution >= 0.6 is 0 Å². The second-order valence-electron chi connectivity index (χ2n) is 7.67. The number of anilines is 1. The van der Waals surface area contributed by atoms with Crippen LogP contribution < -0.4 is 4.90 Å². The topological polar surface area (TPSA) is 49.6 Å². The molecule has 6 heteroatoms. The minimum atomic E-state index is 0.865. The first-order valence-corrected chi connectivity index (χ1v) is 10.5. The van der Waals surface area contributed by atoms with Crippen LogP contribution in [0.25, 0.3) is 16.4 Å². The summed E-state index contributed by atoms with van der Waals surface area (Å²) in [6.07, 6.45) is 5.80. The van der Waals surface area contributed by atoms with E-state index in [9.17, 15) is 0 Å². The lowest BCUT2D eigenvalue weighted by molar-refractivity contribution is 0.286. The Labute approximate surface area is 170 Å². The molecule has 0 aliphatic carbocycles. The van der Waals surface area contributed by atoms with E-state index in [1.54, 1.807) is 0 Å². The van der Waals surface area contributed by atoms with Crippen molar-refractivity contribution in [2.45, 2.75) is 26.3 Å². The predicted molar refractivity (Wildman–Crippen MR) is 116 cm³/mol. The summed E-state index contributed by atoms with van der Waals surface area (Å²) in [6, 6.07) is 15.3. The molecule has 29 heavy (non-hydrogen) atoms. The lowest BCUT2D eigenvalue weighted by Gasteiger charge is -2.23. The van der Waals surface area contributed by atoms with Crippen molar-refractivity contribution in [3.63, 3.8) is 0 Å².